The number of rotatable bonds is 2. The molecule has 0 amide bonds. The highest BCUT2D eigenvalue weighted by molar-refractivity contribution is 5.45. The van der Waals surface area contributed by atoms with Gasteiger partial charge in [0.25, 0.3) is 0 Å². The summed E-state index contributed by atoms with van der Waals surface area (Å²) in [5.41, 5.74) is 9.99. The van der Waals surface area contributed by atoms with Crippen molar-refractivity contribution in [1.82, 2.24) is 0 Å². The Morgan fingerprint density at radius 2 is 1.80 bits per heavy atom. The lowest BCUT2D eigenvalue weighted by atomic mass is 9.89. The molecule has 2 N–H and O–H groups in total. The molecule has 0 heterocycles. The van der Waals surface area contributed by atoms with Gasteiger partial charge in [0.05, 0.1) is 7.11 Å². The fourth-order valence-electron chi connectivity index (χ4n) is 2.31. The van der Waals surface area contributed by atoms with Crippen LogP contribution in [0.4, 0.5) is 0 Å². The van der Waals surface area contributed by atoms with Crippen LogP contribution in [-0.4, -0.2) is 7.11 Å². The van der Waals surface area contributed by atoms with Crippen molar-refractivity contribution in [1.29, 1.82) is 0 Å². The van der Waals surface area contributed by atoms with Crippen molar-refractivity contribution in [2.45, 2.75) is 38.6 Å². The predicted octanol–water partition coefficient (Wildman–Crippen LogP) is 2.59. The van der Waals surface area contributed by atoms with E-state index >= 15 is 0 Å². The van der Waals surface area contributed by atoms with Crippen LogP contribution in [0, 0.1) is 0 Å². The van der Waals surface area contributed by atoms with Crippen LogP contribution in [0.2, 0.25) is 0 Å². The summed E-state index contributed by atoms with van der Waals surface area (Å²) >= 11 is 0. The van der Waals surface area contributed by atoms with Crippen LogP contribution < -0.4 is 10.5 Å². The number of hydrogen-bond donors (Lipinski definition) is 1. The first-order chi connectivity index (χ1) is 7.22. The van der Waals surface area contributed by atoms with E-state index in [4.69, 9.17) is 10.5 Å². The smallest absolute Gasteiger partial charge is 0.123 e. The van der Waals surface area contributed by atoms with Gasteiger partial charge in [-0.3, -0.25) is 0 Å². The lowest BCUT2D eigenvalue weighted by molar-refractivity contribution is 0.405. The largest absolute Gasteiger partial charge is 0.496 e. The molecule has 0 aliphatic heterocycles. The minimum absolute atomic E-state index is 0.0483. The molecule has 1 aromatic carbocycles. The van der Waals surface area contributed by atoms with E-state index in [1.807, 2.05) is 6.92 Å². The van der Waals surface area contributed by atoms with Crippen molar-refractivity contribution in [2.75, 3.05) is 7.11 Å². The van der Waals surface area contributed by atoms with Gasteiger partial charge in [-0.15, -0.1) is 0 Å². The van der Waals surface area contributed by atoms with E-state index in [9.17, 15) is 0 Å². The average molecular weight is 205 g/mol. The van der Waals surface area contributed by atoms with Crippen LogP contribution in [-0.2, 0) is 12.8 Å². The van der Waals surface area contributed by atoms with Gasteiger partial charge in [-0.1, -0.05) is 6.07 Å². The van der Waals surface area contributed by atoms with Gasteiger partial charge in [0.1, 0.15) is 5.75 Å². The fraction of sp³-hybridized carbons (Fsp3) is 0.538. The first kappa shape index (κ1) is 10.5. The Labute approximate surface area is 91.4 Å². The van der Waals surface area contributed by atoms with Crippen LogP contribution in [0.3, 0.4) is 0 Å². The number of hydrogen-bond acceptors (Lipinski definition) is 2. The van der Waals surface area contributed by atoms with E-state index in [2.05, 4.69) is 12.1 Å². The first-order valence-corrected chi connectivity index (χ1v) is 5.67. The third-order valence-electron chi connectivity index (χ3n) is 3.18. The molecule has 1 unspecified atom stereocenters. The predicted molar refractivity (Wildman–Crippen MR) is 62.2 cm³/mol. The van der Waals surface area contributed by atoms with Crippen LogP contribution in [0.25, 0.3) is 0 Å². The summed E-state index contributed by atoms with van der Waals surface area (Å²) < 4.78 is 5.39. The molecule has 2 rings (SSSR count). The van der Waals surface area contributed by atoms with Gasteiger partial charge >= 0.3 is 0 Å². The Morgan fingerprint density at radius 3 is 2.33 bits per heavy atom. The molecule has 0 spiro atoms. The van der Waals surface area contributed by atoms with Gasteiger partial charge in [-0.05, 0) is 49.8 Å². The van der Waals surface area contributed by atoms with Gasteiger partial charge in [-0.25, -0.2) is 0 Å². The summed E-state index contributed by atoms with van der Waals surface area (Å²) in [5.74, 6) is 0.950. The van der Waals surface area contributed by atoms with Gasteiger partial charge in [0.2, 0.25) is 0 Å². The molecule has 15 heavy (non-hydrogen) atoms. The Hall–Kier alpha value is -1.02. The zero-order chi connectivity index (χ0) is 10.8. The van der Waals surface area contributed by atoms with Gasteiger partial charge < -0.3 is 10.5 Å². The highest BCUT2D eigenvalue weighted by Gasteiger charge is 2.15. The Kier molecular flexibility index (Phi) is 2.96. The third kappa shape index (κ3) is 2.00. The minimum atomic E-state index is 0.0483. The maximum atomic E-state index is 5.94. The zero-order valence-electron chi connectivity index (χ0n) is 9.55. The number of nitrogens with two attached hydrogens (primary N) is 1. The summed E-state index contributed by atoms with van der Waals surface area (Å²) in [5, 5.41) is 0. The number of benzene rings is 1. The second-order valence-electron chi connectivity index (χ2n) is 4.36. The van der Waals surface area contributed by atoms with E-state index in [1.165, 1.54) is 36.8 Å². The lowest BCUT2D eigenvalue weighted by Crippen LogP contribution is -2.10. The maximum Gasteiger partial charge on any atom is 0.123 e. The SMILES string of the molecule is COc1cc2c(cc1C(C)N)CCCC2. The van der Waals surface area contributed by atoms with Crippen molar-refractivity contribution in [3.8, 4) is 5.75 Å². The quantitative estimate of drug-likeness (QED) is 0.805. The van der Waals surface area contributed by atoms with Crippen molar-refractivity contribution in [3.05, 3.63) is 28.8 Å². The summed E-state index contributed by atoms with van der Waals surface area (Å²) in [4.78, 5) is 0. The normalized spacial score (nSPS) is 17.0. The second-order valence-corrected chi connectivity index (χ2v) is 4.36. The molecule has 2 nitrogen and oxygen atoms in total. The number of methoxy groups -OCH3 is 1. The molecule has 0 bridgehead atoms. The Balaban J connectivity index is 2.46. The molecule has 0 radical (unpaired) electrons. The van der Waals surface area contributed by atoms with Crippen LogP contribution in [0.15, 0.2) is 12.1 Å². The highest BCUT2D eigenvalue weighted by atomic mass is 16.5. The average Bonchev–Trinajstić information content (AvgIpc) is 2.27. The van der Waals surface area contributed by atoms with E-state index < -0.39 is 0 Å². The topological polar surface area (TPSA) is 35.2 Å². The van der Waals surface area contributed by atoms with Crippen molar-refractivity contribution >= 4 is 0 Å². The van der Waals surface area contributed by atoms with Crippen molar-refractivity contribution < 1.29 is 4.74 Å². The van der Waals surface area contributed by atoms with E-state index in [1.54, 1.807) is 7.11 Å². The molecular formula is C13H19NO. The molecule has 0 fully saturated rings. The van der Waals surface area contributed by atoms with Crippen molar-refractivity contribution in [3.63, 3.8) is 0 Å². The second kappa shape index (κ2) is 4.23. The Morgan fingerprint density at radius 1 is 1.20 bits per heavy atom. The molecule has 0 saturated heterocycles. The maximum absolute atomic E-state index is 5.94. The first-order valence-electron chi connectivity index (χ1n) is 5.67. The molecule has 1 atom stereocenters. The monoisotopic (exact) mass is 205 g/mol. The van der Waals surface area contributed by atoms with Crippen molar-refractivity contribution in [2.24, 2.45) is 5.73 Å². The number of ether oxygens (including phenoxy) is 1. The Bertz CT molecular complexity index is 358. The van der Waals surface area contributed by atoms with E-state index in [0.29, 0.717) is 0 Å². The van der Waals surface area contributed by atoms with Crippen LogP contribution in [0.5, 0.6) is 5.75 Å². The molecule has 82 valence electrons. The molecule has 0 aromatic heterocycles. The molecule has 1 aliphatic rings. The van der Waals surface area contributed by atoms with Gasteiger partial charge in [0.15, 0.2) is 0 Å². The molecule has 1 aromatic rings. The van der Waals surface area contributed by atoms with E-state index in [-0.39, 0.29) is 6.04 Å². The molecule has 1 aliphatic carbocycles. The number of fused-ring (bicyclic) bond motifs is 1. The highest BCUT2D eigenvalue weighted by Crippen LogP contribution is 2.31. The summed E-state index contributed by atoms with van der Waals surface area (Å²) in [7, 11) is 1.72. The fourth-order valence-corrected chi connectivity index (χ4v) is 2.31. The molecule has 2 heteroatoms. The lowest BCUT2D eigenvalue weighted by Gasteiger charge is -2.20. The zero-order valence-corrected chi connectivity index (χ0v) is 9.55. The summed E-state index contributed by atoms with van der Waals surface area (Å²) in [6.45, 7) is 2.01. The van der Waals surface area contributed by atoms with Gasteiger partial charge in [-0.2, -0.15) is 0 Å². The third-order valence-corrected chi connectivity index (χ3v) is 3.18. The standard InChI is InChI=1S/C13H19NO/c1-9(14)12-7-10-5-3-4-6-11(10)8-13(12)15-2/h7-9H,3-6,14H2,1-2H3. The van der Waals surface area contributed by atoms with Gasteiger partial charge in [0, 0.05) is 11.6 Å². The molecular weight excluding hydrogens is 186 g/mol. The summed E-state index contributed by atoms with van der Waals surface area (Å²) in [6, 6.07) is 4.46. The van der Waals surface area contributed by atoms with Crippen LogP contribution >= 0.6 is 0 Å². The summed E-state index contributed by atoms with van der Waals surface area (Å²) in [6.07, 6.45) is 4.98. The van der Waals surface area contributed by atoms with E-state index in [0.717, 1.165) is 11.3 Å². The van der Waals surface area contributed by atoms with Crippen LogP contribution in [0.1, 0.15) is 42.5 Å². The molecule has 0 saturated carbocycles. The number of aryl methyl sites for hydroxylation is 2. The minimum Gasteiger partial charge on any atom is -0.496 e.